The first-order valence-electron chi connectivity index (χ1n) is 6.74. The van der Waals surface area contributed by atoms with Crippen LogP contribution in [0.15, 0.2) is 21.1 Å². The van der Waals surface area contributed by atoms with Gasteiger partial charge in [0.05, 0.1) is 6.54 Å². The fourth-order valence-electron chi connectivity index (χ4n) is 1.89. The number of furan rings is 1. The summed E-state index contributed by atoms with van der Waals surface area (Å²) in [6, 6.07) is 3.53. The zero-order valence-corrected chi connectivity index (χ0v) is 12.8. The van der Waals surface area contributed by atoms with E-state index >= 15 is 0 Å². The molecule has 114 valence electrons. The summed E-state index contributed by atoms with van der Waals surface area (Å²) in [4.78, 5) is 19.9. The fourth-order valence-corrected chi connectivity index (χ4v) is 1.89. The monoisotopic (exact) mass is 292 g/mol. The second kappa shape index (κ2) is 6.53. The molecule has 0 unspecified atom stereocenters. The Kier molecular flexibility index (Phi) is 4.74. The van der Waals surface area contributed by atoms with E-state index in [-0.39, 0.29) is 5.91 Å². The number of carbonyl (C=O) groups is 1. The molecule has 0 spiro atoms. The van der Waals surface area contributed by atoms with Crippen LogP contribution in [-0.4, -0.2) is 53.5 Å². The zero-order valence-electron chi connectivity index (χ0n) is 12.8. The second-order valence-electron chi connectivity index (χ2n) is 5.21. The van der Waals surface area contributed by atoms with Gasteiger partial charge in [0.25, 0.3) is 5.91 Å². The maximum atomic E-state index is 12.2. The van der Waals surface area contributed by atoms with Gasteiger partial charge >= 0.3 is 0 Å². The normalized spacial score (nSPS) is 11.1. The summed E-state index contributed by atoms with van der Waals surface area (Å²) in [6.45, 7) is 2.90. The highest BCUT2D eigenvalue weighted by molar-refractivity contribution is 5.91. The summed E-state index contributed by atoms with van der Waals surface area (Å²) in [7, 11) is 5.62. The zero-order chi connectivity index (χ0) is 15.4. The van der Waals surface area contributed by atoms with Gasteiger partial charge in [-0.3, -0.25) is 4.79 Å². The highest BCUT2D eigenvalue weighted by Crippen LogP contribution is 2.11. The maximum absolute atomic E-state index is 12.2. The van der Waals surface area contributed by atoms with Gasteiger partial charge in [-0.15, -0.1) is 0 Å². The first kappa shape index (κ1) is 15.2. The number of rotatable bonds is 6. The molecular formula is C14H20N4O3. The van der Waals surface area contributed by atoms with Crippen molar-refractivity contribution in [3.05, 3.63) is 35.4 Å². The van der Waals surface area contributed by atoms with E-state index in [1.54, 1.807) is 24.9 Å². The quantitative estimate of drug-likeness (QED) is 0.800. The van der Waals surface area contributed by atoms with Crippen LogP contribution < -0.4 is 0 Å². The van der Waals surface area contributed by atoms with Gasteiger partial charge in [0, 0.05) is 26.9 Å². The molecule has 7 heteroatoms. The van der Waals surface area contributed by atoms with Crippen molar-refractivity contribution in [2.24, 2.45) is 0 Å². The van der Waals surface area contributed by atoms with Crippen LogP contribution >= 0.6 is 0 Å². The minimum absolute atomic E-state index is 0.153. The molecule has 2 aromatic rings. The molecule has 0 saturated heterocycles. The topological polar surface area (TPSA) is 75.6 Å². The third-order valence-corrected chi connectivity index (χ3v) is 2.93. The van der Waals surface area contributed by atoms with Gasteiger partial charge in [0.2, 0.25) is 5.89 Å². The fraction of sp³-hybridized carbons (Fsp3) is 0.500. The van der Waals surface area contributed by atoms with Gasteiger partial charge < -0.3 is 18.7 Å². The summed E-state index contributed by atoms with van der Waals surface area (Å²) in [6.07, 6.45) is 0.546. The number of aromatic nitrogens is 2. The molecule has 7 nitrogen and oxygen atoms in total. The first-order chi connectivity index (χ1) is 9.95. The van der Waals surface area contributed by atoms with Crippen LogP contribution in [0.5, 0.6) is 0 Å². The molecule has 0 saturated carbocycles. The Balaban J connectivity index is 1.91. The average Bonchev–Trinajstić information content (AvgIpc) is 3.03. The SMILES string of the molecule is Cc1nc(CCN(C)C(=O)c2ccc(CN(C)C)o2)no1. The van der Waals surface area contributed by atoms with Crippen molar-refractivity contribution in [2.75, 3.05) is 27.7 Å². The highest BCUT2D eigenvalue weighted by atomic mass is 16.5. The number of hydrogen-bond donors (Lipinski definition) is 0. The van der Waals surface area contributed by atoms with Crippen LogP contribution in [-0.2, 0) is 13.0 Å². The lowest BCUT2D eigenvalue weighted by Gasteiger charge is -2.14. The van der Waals surface area contributed by atoms with E-state index in [2.05, 4.69) is 10.1 Å². The number of nitrogens with zero attached hydrogens (tertiary/aromatic N) is 4. The van der Waals surface area contributed by atoms with Gasteiger partial charge in [-0.25, -0.2) is 0 Å². The molecule has 21 heavy (non-hydrogen) atoms. The van der Waals surface area contributed by atoms with E-state index in [0.717, 1.165) is 5.76 Å². The van der Waals surface area contributed by atoms with Crippen LogP contribution in [0.2, 0.25) is 0 Å². The lowest BCUT2D eigenvalue weighted by molar-refractivity contribution is 0.0761. The van der Waals surface area contributed by atoms with Gasteiger partial charge in [0.1, 0.15) is 5.76 Å². The molecule has 2 rings (SSSR count). The molecule has 0 radical (unpaired) electrons. The Morgan fingerprint density at radius 1 is 1.29 bits per heavy atom. The Morgan fingerprint density at radius 2 is 2.05 bits per heavy atom. The standard InChI is InChI=1S/C14H20N4O3/c1-10-15-13(16-21-10)7-8-18(4)14(19)12-6-5-11(20-12)9-17(2)3/h5-6H,7-9H2,1-4H3. The maximum Gasteiger partial charge on any atom is 0.289 e. The van der Waals surface area contributed by atoms with Crippen LogP contribution in [0, 0.1) is 6.92 Å². The number of carbonyl (C=O) groups excluding carboxylic acids is 1. The minimum atomic E-state index is -0.153. The third kappa shape index (κ3) is 4.16. The highest BCUT2D eigenvalue weighted by Gasteiger charge is 2.17. The lowest BCUT2D eigenvalue weighted by atomic mass is 10.3. The number of aryl methyl sites for hydroxylation is 1. The van der Waals surface area contributed by atoms with Gasteiger partial charge in [0.15, 0.2) is 11.6 Å². The number of likely N-dealkylation sites (N-methyl/N-ethyl adjacent to an activating group) is 1. The minimum Gasteiger partial charge on any atom is -0.455 e. The van der Waals surface area contributed by atoms with Gasteiger partial charge in [-0.2, -0.15) is 4.98 Å². The Hall–Kier alpha value is -2.15. The van der Waals surface area contributed by atoms with E-state index < -0.39 is 0 Å². The van der Waals surface area contributed by atoms with Crippen molar-refractivity contribution in [1.29, 1.82) is 0 Å². The summed E-state index contributed by atoms with van der Waals surface area (Å²) in [5.41, 5.74) is 0. The van der Waals surface area contributed by atoms with E-state index in [1.807, 2.05) is 25.1 Å². The van der Waals surface area contributed by atoms with E-state index in [9.17, 15) is 4.79 Å². The molecule has 0 aliphatic rings. The number of hydrogen-bond acceptors (Lipinski definition) is 6. The molecule has 0 atom stereocenters. The van der Waals surface area contributed by atoms with E-state index in [0.29, 0.717) is 37.0 Å². The molecule has 0 aliphatic carbocycles. The summed E-state index contributed by atoms with van der Waals surface area (Å²) < 4.78 is 10.4. The number of amides is 1. The van der Waals surface area contributed by atoms with Crippen LogP contribution in [0.1, 0.15) is 28.0 Å². The summed E-state index contributed by atoms with van der Waals surface area (Å²) >= 11 is 0. The first-order valence-corrected chi connectivity index (χ1v) is 6.74. The molecule has 2 aromatic heterocycles. The Labute approximate surface area is 123 Å². The van der Waals surface area contributed by atoms with E-state index in [4.69, 9.17) is 8.94 Å². The molecule has 2 heterocycles. The summed E-state index contributed by atoms with van der Waals surface area (Å²) in [5, 5.41) is 3.80. The molecule has 0 N–H and O–H groups in total. The lowest BCUT2D eigenvalue weighted by Crippen LogP contribution is -2.28. The largest absolute Gasteiger partial charge is 0.455 e. The molecule has 1 amide bonds. The predicted octanol–water partition coefficient (Wildman–Crippen LogP) is 1.35. The van der Waals surface area contributed by atoms with Crippen molar-refractivity contribution < 1.29 is 13.7 Å². The molecular weight excluding hydrogens is 272 g/mol. The average molecular weight is 292 g/mol. The molecule has 0 bridgehead atoms. The molecule has 0 fully saturated rings. The third-order valence-electron chi connectivity index (χ3n) is 2.93. The van der Waals surface area contributed by atoms with Crippen LogP contribution in [0.4, 0.5) is 0 Å². The van der Waals surface area contributed by atoms with Crippen LogP contribution in [0.3, 0.4) is 0 Å². The second-order valence-corrected chi connectivity index (χ2v) is 5.21. The van der Waals surface area contributed by atoms with Crippen molar-refractivity contribution in [1.82, 2.24) is 19.9 Å². The van der Waals surface area contributed by atoms with Crippen molar-refractivity contribution in [3.8, 4) is 0 Å². The molecule has 0 aliphatic heterocycles. The van der Waals surface area contributed by atoms with Crippen LogP contribution in [0.25, 0.3) is 0 Å². The van der Waals surface area contributed by atoms with Crippen molar-refractivity contribution in [3.63, 3.8) is 0 Å². The van der Waals surface area contributed by atoms with Gasteiger partial charge in [-0.1, -0.05) is 5.16 Å². The Morgan fingerprint density at radius 3 is 2.67 bits per heavy atom. The van der Waals surface area contributed by atoms with Crippen molar-refractivity contribution >= 4 is 5.91 Å². The van der Waals surface area contributed by atoms with Crippen molar-refractivity contribution in [2.45, 2.75) is 19.9 Å². The van der Waals surface area contributed by atoms with E-state index in [1.165, 1.54) is 0 Å². The van der Waals surface area contributed by atoms with Gasteiger partial charge in [-0.05, 0) is 26.2 Å². The summed E-state index contributed by atoms with van der Waals surface area (Å²) in [5.74, 6) is 2.09. The molecule has 0 aromatic carbocycles. The Bertz CT molecular complexity index is 603. The predicted molar refractivity (Wildman–Crippen MR) is 75.8 cm³/mol. The smallest absolute Gasteiger partial charge is 0.289 e.